The molecule has 0 amide bonds. The van der Waals surface area contributed by atoms with Crippen molar-refractivity contribution in [2.24, 2.45) is 0 Å². The molecular formula is C21H18N2O5. The van der Waals surface area contributed by atoms with Gasteiger partial charge in [-0.1, -0.05) is 30.3 Å². The molecule has 0 saturated heterocycles. The third-order valence-electron chi connectivity index (χ3n) is 4.02. The molecule has 0 aliphatic rings. The summed E-state index contributed by atoms with van der Waals surface area (Å²) in [5.41, 5.74) is 2.44. The monoisotopic (exact) mass is 378 g/mol. The van der Waals surface area contributed by atoms with E-state index in [0.29, 0.717) is 17.2 Å². The van der Waals surface area contributed by atoms with Crippen molar-refractivity contribution < 1.29 is 14.6 Å². The molecular weight excluding hydrogens is 360 g/mol. The summed E-state index contributed by atoms with van der Waals surface area (Å²) in [7, 11) is 2.95. The van der Waals surface area contributed by atoms with Crippen molar-refractivity contribution in [2.75, 3.05) is 14.2 Å². The van der Waals surface area contributed by atoms with Gasteiger partial charge in [-0.3, -0.25) is 9.78 Å². The summed E-state index contributed by atoms with van der Waals surface area (Å²) in [6.45, 7) is 0. The molecule has 7 heteroatoms. The normalized spacial score (nSPS) is 10.1. The minimum atomic E-state index is -0.779. The molecule has 28 heavy (non-hydrogen) atoms. The van der Waals surface area contributed by atoms with Crippen molar-refractivity contribution in [2.45, 2.75) is 0 Å². The van der Waals surface area contributed by atoms with Crippen LogP contribution < -0.4 is 20.7 Å². The predicted octanol–water partition coefficient (Wildman–Crippen LogP) is 2.57. The van der Waals surface area contributed by atoms with Crippen LogP contribution in [0.3, 0.4) is 0 Å². The van der Waals surface area contributed by atoms with E-state index in [-0.39, 0.29) is 5.56 Å². The highest BCUT2D eigenvalue weighted by Crippen LogP contribution is 2.30. The molecule has 0 atom stereocenters. The molecule has 0 spiro atoms. The van der Waals surface area contributed by atoms with Crippen molar-refractivity contribution in [3.05, 3.63) is 86.2 Å². The molecule has 3 rings (SSSR count). The third kappa shape index (κ3) is 3.75. The highest BCUT2D eigenvalue weighted by Gasteiger charge is 2.15. The van der Waals surface area contributed by atoms with Crippen LogP contribution in [0.4, 0.5) is 0 Å². The van der Waals surface area contributed by atoms with Crippen molar-refractivity contribution in [1.82, 2.24) is 9.55 Å². The average Bonchev–Trinajstić information content (AvgIpc) is 2.70. The number of nitrogens with one attached hydrogen (secondary N) is 1. The van der Waals surface area contributed by atoms with Gasteiger partial charge in [0.1, 0.15) is 5.56 Å². The van der Waals surface area contributed by atoms with Gasteiger partial charge in [-0.15, -0.1) is 5.73 Å². The first-order valence-corrected chi connectivity index (χ1v) is 8.33. The van der Waals surface area contributed by atoms with E-state index < -0.39 is 17.1 Å². The number of nitrogens with zero attached hydrogens (tertiary/aromatic N) is 1. The minimum absolute atomic E-state index is 0.0958. The van der Waals surface area contributed by atoms with Gasteiger partial charge in [-0.2, -0.15) is 0 Å². The Kier molecular flexibility index (Phi) is 5.48. The fourth-order valence-corrected chi connectivity index (χ4v) is 2.64. The summed E-state index contributed by atoms with van der Waals surface area (Å²) in [6.07, 6.45) is 2.97. The third-order valence-corrected chi connectivity index (χ3v) is 4.02. The Morgan fingerprint density at radius 2 is 1.71 bits per heavy atom. The Balaban J connectivity index is 2.12. The smallest absolute Gasteiger partial charge is 0.335 e. The van der Waals surface area contributed by atoms with E-state index in [4.69, 9.17) is 9.47 Å². The SMILES string of the molecule is COc1ccc(-n2c(O)c(C=C=Cc3ccccc3)c(=O)[nH]c2=O)cc1OC. The first-order valence-electron chi connectivity index (χ1n) is 8.33. The average molecular weight is 378 g/mol. The number of aromatic amines is 1. The lowest BCUT2D eigenvalue weighted by Gasteiger charge is -2.12. The fraction of sp³-hybridized carbons (Fsp3) is 0.0952. The summed E-state index contributed by atoms with van der Waals surface area (Å²) < 4.78 is 11.4. The van der Waals surface area contributed by atoms with Crippen molar-refractivity contribution >= 4 is 12.2 Å². The van der Waals surface area contributed by atoms with Crippen LogP contribution in [-0.2, 0) is 0 Å². The number of rotatable bonds is 5. The number of aromatic nitrogens is 2. The largest absolute Gasteiger partial charge is 0.494 e. The zero-order valence-electron chi connectivity index (χ0n) is 15.3. The van der Waals surface area contributed by atoms with Gasteiger partial charge in [0.25, 0.3) is 5.56 Å². The Labute approximate surface area is 160 Å². The zero-order chi connectivity index (χ0) is 20.1. The van der Waals surface area contributed by atoms with E-state index >= 15 is 0 Å². The Bertz CT molecular complexity index is 1170. The van der Waals surface area contributed by atoms with Gasteiger partial charge in [-0.25, -0.2) is 9.36 Å². The number of hydrogen-bond acceptors (Lipinski definition) is 5. The number of benzene rings is 2. The van der Waals surface area contributed by atoms with E-state index in [1.165, 1.54) is 26.4 Å². The highest BCUT2D eigenvalue weighted by molar-refractivity contribution is 5.61. The summed E-state index contributed by atoms with van der Waals surface area (Å²) in [5.74, 6) is 0.336. The second-order valence-electron chi connectivity index (χ2n) is 5.74. The first kappa shape index (κ1) is 18.8. The van der Waals surface area contributed by atoms with E-state index in [0.717, 1.165) is 10.1 Å². The summed E-state index contributed by atoms with van der Waals surface area (Å²) in [5, 5.41) is 10.6. The maximum Gasteiger partial charge on any atom is 0.335 e. The molecule has 0 unspecified atom stereocenters. The molecule has 2 aromatic carbocycles. The molecule has 3 aromatic rings. The number of hydrogen-bond donors (Lipinski definition) is 2. The van der Waals surface area contributed by atoms with Gasteiger partial charge < -0.3 is 14.6 Å². The molecule has 0 fully saturated rings. The topological polar surface area (TPSA) is 93.5 Å². The lowest BCUT2D eigenvalue weighted by Crippen LogP contribution is -2.30. The quantitative estimate of drug-likeness (QED) is 0.666. The predicted molar refractivity (Wildman–Crippen MR) is 106 cm³/mol. The van der Waals surface area contributed by atoms with Crippen LogP contribution in [-0.4, -0.2) is 28.9 Å². The molecule has 2 N–H and O–H groups in total. The van der Waals surface area contributed by atoms with Crippen LogP contribution in [0.15, 0.2) is 63.9 Å². The molecule has 0 aliphatic carbocycles. The van der Waals surface area contributed by atoms with E-state index in [1.54, 1.807) is 18.2 Å². The number of ether oxygens (including phenoxy) is 2. The van der Waals surface area contributed by atoms with Crippen molar-refractivity contribution in [3.8, 4) is 23.1 Å². The summed E-state index contributed by atoms with van der Waals surface area (Å²) in [6, 6.07) is 14.0. The second kappa shape index (κ2) is 8.16. The zero-order valence-corrected chi connectivity index (χ0v) is 15.3. The first-order chi connectivity index (χ1) is 13.5. The van der Waals surface area contributed by atoms with Crippen LogP contribution >= 0.6 is 0 Å². The number of methoxy groups -OCH3 is 2. The lowest BCUT2D eigenvalue weighted by atomic mass is 10.2. The lowest BCUT2D eigenvalue weighted by molar-refractivity contribution is 0.354. The molecule has 1 heterocycles. The Hall–Kier alpha value is -3.96. The van der Waals surface area contributed by atoms with Gasteiger partial charge in [0.05, 0.1) is 19.9 Å². The molecule has 0 saturated carbocycles. The molecule has 7 nitrogen and oxygen atoms in total. The van der Waals surface area contributed by atoms with E-state index in [9.17, 15) is 14.7 Å². The van der Waals surface area contributed by atoms with Crippen LogP contribution in [0.2, 0.25) is 0 Å². The fourth-order valence-electron chi connectivity index (χ4n) is 2.64. The summed E-state index contributed by atoms with van der Waals surface area (Å²) in [4.78, 5) is 26.6. The molecule has 1 aromatic heterocycles. The van der Waals surface area contributed by atoms with Crippen LogP contribution in [0.25, 0.3) is 17.8 Å². The van der Waals surface area contributed by atoms with Crippen LogP contribution in [0.5, 0.6) is 17.4 Å². The number of aromatic hydroxyl groups is 1. The Morgan fingerprint density at radius 3 is 2.39 bits per heavy atom. The van der Waals surface area contributed by atoms with Crippen LogP contribution in [0, 0.1) is 0 Å². The van der Waals surface area contributed by atoms with E-state index in [1.807, 2.05) is 30.3 Å². The van der Waals surface area contributed by atoms with Crippen molar-refractivity contribution in [1.29, 1.82) is 0 Å². The van der Waals surface area contributed by atoms with Gasteiger partial charge in [0, 0.05) is 6.07 Å². The van der Waals surface area contributed by atoms with Crippen molar-refractivity contribution in [3.63, 3.8) is 0 Å². The van der Waals surface area contributed by atoms with Crippen LogP contribution in [0.1, 0.15) is 11.1 Å². The Morgan fingerprint density at radius 1 is 1.00 bits per heavy atom. The molecule has 142 valence electrons. The second-order valence-corrected chi connectivity index (χ2v) is 5.74. The van der Waals surface area contributed by atoms with Gasteiger partial charge >= 0.3 is 5.69 Å². The number of H-pyrrole nitrogens is 1. The van der Waals surface area contributed by atoms with Gasteiger partial charge in [0.2, 0.25) is 5.88 Å². The molecule has 0 aliphatic heterocycles. The van der Waals surface area contributed by atoms with Gasteiger partial charge in [0.15, 0.2) is 11.5 Å². The van der Waals surface area contributed by atoms with E-state index in [2.05, 4.69) is 10.7 Å². The molecule has 0 bridgehead atoms. The maximum atomic E-state index is 12.3. The highest BCUT2D eigenvalue weighted by atomic mass is 16.5. The molecule has 0 radical (unpaired) electrons. The minimum Gasteiger partial charge on any atom is -0.494 e. The maximum absolute atomic E-state index is 12.3. The van der Waals surface area contributed by atoms with Gasteiger partial charge in [-0.05, 0) is 29.8 Å². The summed E-state index contributed by atoms with van der Waals surface area (Å²) >= 11 is 0. The standard InChI is InChI=1S/C21H18N2O5/c1-27-17-12-11-15(13-18(17)28-2)23-20(25)16(19(24)22-21(23)26)10-6-9-14-7-4-3-5-8-14/h3-5,7-13,25H,1-2H3,(H,22,24,26).